The van der Waals surface area contributed by atoms with Crippen molar-refractivity contribution in [2.24, 2.45) is 17.1 Å². The van der Waals surface area contributed by atoms with Crippen LogP contribution in [0.5, 0.6) is 0 Å². The average molecular weight is 217 g/mol. The summed E-state index contributed by atoms with van der Waals surface area (Å²) in [5.41, 5.74) is 6.03. The Labute approximate surface area is 94.2 Å². The maximum atomic E-state index is 5.68. The Balaban J connectivity index is 3.21. The van der Waals surface area contributed by atoms with Crippen LogP contribution in [0.2, 0.25) is 0 Å². The summed E-state index contributed by atoms with van der Waals surface area (Å²) >= 11 is 2.09. The lowest BCUT2D eigenvalue weighted by Crippen LogP contribution is -2.23. The number of hydrogen-bond donors (Lipinski definition) is 1. The highest BCUT2D eigenvalue weighted by molar-refractivity contribution is 7.99. The van der Waals surface area contributed by atoms with Gasteiger partial charge in [-0.15, -0.1) is 0 Å². The Morgan fingerprint density at radius 3 is 2.36 bits per heavy atom. The van der Waals surface area contributed by atoms with Crippen LogP contribution in [0.15, 0.2) is 0 Å². The second kappa shape index (κ2) is 7.58. The highest BCUT2D eigenvalue weighted by Gasteiger charge is 2.14. The fourth-order valence-electron chi connectivity index (χ4n) is 1.23. The number of nitrogens with two attached hydrogens (primary N) is 1. The van der Waals surface area contributed by atoms with E-state index < -0.39 is 0 Å². The Kier molecular flexibility index (Phi) is 7.75. The van der Waals surface area contributed by atoms with Crippen LogP contribution in [-0.4, -0.2) is 18.1 Å². The number of thioether (sulfide) groups is 1. The highest BCUT2D eigenvalue weighted by atomic mass is 32.2. The summed E-state index contributed by atoms with van der Waals surface area (Å²) in [6, 6.07) is 0. The van der Waals surface area contributed by atoms with Gasteiger partial charge in [-0.3, -0.25) is 0 Å². The van der Waals surface area contributed by atoms with E-state index in [4.69, 9.17) is 5.73 Å². The van der Waals surface area contributed by atoms with Crippen LogP contribution < -0.4 is 5.73 Å². The zero-order chi connectivity index (χ0) is 11.0. The van der Waals surface area contributed by atoms with E-state index in [0.717, 1.165) is 12.5 Å². The van der Waals surface area contributed by atoms with E-state index in [1.807, 2.05) is 0 Å². The van der Waals surface area contributed by atoms with Crippen molar-refractivity contribution in [1.82, 2.24) is 0 Å². The van der Waals surface area contributed by atoms with Gasteiger partial charge >= 0.3 is 0 Å². The quantitative estimate of drug-likeness (QED) is 0.629. The maximum Gasteiger partial charge on any atom is -0.00258 e. The van der Waals surface area contributed by atoms with E-state index in [1.54, 1.807) is 0 Å². The van der Waals surface area contributed by atoms with Crippen molar-refractivity contribution < 1.29 is 0 Å². The van der Waals surface area contributed by atoms with Gasteiger partial charge in [0.2, 0.25) is 0 Å². The van der Waals surface area contributed by atoms with Crippen LogP contribution in [0.3, 0.4) is 0 Å². The molecule has 0 amide bonds. The van der Waals surface area contributed by atoms with Gasteiger partial charge < -0.3 is 5.73 Å². The minimum atomic E-state index is 0.350. The summed E-state index contributed by atoms with van der Waals surface area (Å²) in [4.78, 5) is 0. The SMILES string of the molecule is CC(C)CSCCCCC(C)(C)CN. The molecule has 0 fully saturated rings. The molecule has 0 bridgehead atoms. The van der Waals surface area contributed by atoms with Gasteiger partial charge in [-0.2, -0.15) is 11.8 Å². The van der Waals surface area contributed by atoms with Crippen LogP contribution in [0.1, 0.15) is 47.0 Å². The van der Waals surface area contributed by atoms with E-state index in [9.17, 15) is 0 Å². The summed E-state index contributed by atoms with van der Waals surface area (Å²) in [5.74, 6) is 3.46. The molecule has 2 N–H and O–H groups in total. The molecule has 0 aromatic carbocycles. The van der Waals surface area contributed by atoms with E-state index in [0.29, 0.717) is 5.41 Å². The zero-order valence-corrected chi connectivity index (χ0v) is 11.1. The summed E-state index contributed by atoms with van der Waals surface area (Å²) in [5, 5.41) is 0. The summed E-state index contributed by atoms with van der Waals surface area (Å²) in [6.45, 7) is 9.89. The van der Waals surface area contributed by atoms with Gasteiger partial charge in [0.05, 0.1) is 0 Å². The number of unbranched alkanes of at least 4 members (excludes halogenated alkanes) is 1. The first-order valence-electron chi connectivity index (χ1n) is 5.76. The van der Waals surface area contributed by atoms with Crippen molar-refractivity contribution in [2.45, 2.75) is 47.0 Å². The molecule has 0 atom stereocenters. The van der Waals surface area contributed by atoms with E-state index >= 15 is 0 Å². The van der Waals surface area contributed by atoms with Gasteiger partial charge in [0.15, 0.2) is 0 Å². The lowest BCUT2D eigenvalue weighted by atomic mass is 9.88. The first-order chi connectivity index (χ1) is 6.48. The molecule has 0 saturated carbocycles. The van der Waals surface area contributed by atoms with Crippen molar-refractivity contribution in [1.29, 1.82) is 0 Å². The Hall–Kier alpha value is 0.310. The van der Waals surface area contributed by atoms with E-state index in [2.05, 4.69) is 39.5 Å². The minimum absolute atomic E-state index is 0.350. The van der Waals surface area contributed by atoms with E-state index in [1.165, 1.54) is 30.8 Å². The Morgan fingerprint density at radius 1 is 1.21 bits per heavy atom. The lowest BCUT2D eigenvalue weighted by molar-refractivity contribution is 0.336. The predicted octanol–water partition coefficient (Wildman–Crippen LogP) is 3.53. The molecule has 0 aliphatic rings. The van der Waals surface area contributed by atoms with Crippen molar-refractivity contribution >= 4 is 11.8 Å². The van der Waals surface area contributed by atoms with Crippen molar-refractivity contribution in [2.75, 3.05) is 18.1 Å². The fourth-order valence-corrected chi connectivity index (χ4v) is 2.28. The normalized spacial score (nSPS) is 12.4. The van der Waals surface area contributed by atoms with Crippen molar-refractivity contribution in [3.63, 3.8) is 0 Å². The summed E-state index contributed by atoms with van der Waals surface area (Å²) < 4.78 is 0. The third-order valence-electron chi connectivity index (χ3n) is 2.40. The smallest absolute Gasteiger partial charge is 0.00258 e. The first kappa shape index (κ1) is 14.3. The molecule has 0 aromatic rings. The molecular formula is C12H27NS. The third kappa shape index (κ3) is 8.89. The molecule has 0 unspecified atom stereocenters. The molecule has 86 valence electrons. The molecule has 0 heterocycles. The monoisotopic (exact) mass is 217 g/mol. The van der Waals surface area contributed by atoms with Crippen LogP contribution in [0.4, 0.5) is 0 Å². The van der Waals surface area contributed by atoms with Crippen molar-refractivity contribution in [3.8, 4) is 0 Å². The molecule has 14 heavy (non-hydrogen) atoms. The molecular weight excluding hydrogens is 190 g/mol. The molecule has 0 saturated heterocycles. The highest BCUT2D eigenvalue weighted by Crippen LogP contribution is 2.22. The maximum absolute atomic E-state index is 5.68. The van der Waals surface area contributed by atoms with Crippen LogP contribution >= 0.6 is 11.8 Å². The first-order valence-corrected chi connectivity index (χ1v) is 6.91. The van der Waals surface area contributed by atoms with Gasteiger partial charge in [0.1, 0.15) is 0 Å². The van der Waals surface area contributed by atoms with Crippen LogP contribution in [0.25, 0.3) is 0 Å². The summed E-state index contributed by atoms with van der Waals surface area (Å²) in [7, 11) is 0. The van der Waals surface area contributed by atoms with Crippen molar-refractivity contribution in [3.05, 3.63) is 0 Å². The van der Waals surface area contributed by atoms with Crippen LogP contribution in [0, 0.1) is 11.3 Å². The number of rotatable bonds is 8. The molecule has 0 aromatic heterocycles. The van der Waals surface area contributed by atoms with E-state index in [-0.39, 0.29) is 0 Å². The fraction of sp³-hybridized carbons (Fsp3) is 1.00. The van der Waals surface area contributed by atoms with Crippen LogP contribution in [-0.2, 0) is 0 Å². The van der Waals surface area contributed by atoms with Gasteiger partial charge in [-0.25, -0.2) is 0 Å². The van der Waals surface area contributed by atoms with Gasteiger partial charge in [-0.05, 0) is 42.2 Å². The Bertz CT molecular complexity index is 132. The molecule has 0 spiro atoms. The molecule has 2 heteroatoms. The minimum Gasteiger partial charge on any atom is -0.330 e. The molecule has 0 aliphatic heterocycles. The molecule has 0 rings (SSSR count). The topological polar surface area (TPSA) is 26.0 Å². The second-order valence-corrected chi connectivity index (χ2v) is 6.44. The standard InChI is InChI=1S/C12H27NS/c1-11(2)9-14-8-6-5-7-12(3,4)10-13/h11H,5-10,13H2,1-4H3. The third-order valence-corrected chi connectivity index (χ3v) is 3.88. The van der Waals surface area contributed by atoms with Gasteiger partial charge in [0.25, 0.3) is 0 Å². The largest absolute Gasteiger partial charge is 0.330 e. The molecule has 0 radical (unpaired) electrons. The Morgan fingerprint density at radius 2 is 1.86 bits per heavy atom. The predicted molar refractivity (Wildman–Crippen MR) is 68.8 cm³/mol. The van der Waals surface area contributed by atoms with Gasteiger partial charge in [0, 0.05) is 0 Å². The zero-order valence-electron chi connectivity index (χ0n) is 10.3. The lowest BCUT2D eigenvalue weighted by Gasteiger charge is -2.21. The van der Waals surface area contributed by atoms with Gasteiger partial charge in [-0.1, -0.05) is 34.1 Å². The average Bonchev–Trinajstić information content (AvgIpc) is 2.10. The summed E-state index contributed by atoms with van der Waals surface area (Å²) in [6.07, 6.45) is 3.95. The number of hydrogen-bond acceptors (Lipinski definition) is 2. The second-order valence-electron chi connectivity index (χ2n) is 5.29. The molecule has 1 nitrogen and oxygen atoms in total. The molecule has 0 aliphatic carbocycles.